The van der Waals surface area contributed by atoms with E-state index in [2.05, 4.69) is 51.3 Å². The van der Waals surface area contributed by atoms with Crippen molar-refractivity contribution in [1.29, 1.82) is 0 Å². The van der Waals surface area contributed by atoms with E-state index >= 15 is 0 Å². The molecular weight excluding hydrogens is 572 g/mol. The largest absolute Gasteiger partial charge is 0.623 e. The first-order valence-electron chi connectivity index (χ1n) is 15.4. The van der Waals surface area contributed by atoms with Crippen LogP contribution in [-0.4, -0.2) is 49.8 Å². The number of nitrogens with zero attached hydrogens (tertiary/aromatic N) is 1. The number of fused-ring (bicyclic) bond motifs is 1. The molecule has 0 spiro atoms. The van der Waals surface area contributed by atoms with Crippen LogP contribution in [0.4, 0.5) is 5.88 Å². The van der Waals surface area contributed by atoms with Gasteiger partial charge in [-0.25, -0.2) is 9.53 Å². The predicted octanol–water partition coefficient (Wildman–Crippen LogP) is 7.75. The molecule has 0 unspecified atom stereocenters. The van der Waals surface area contributed by atoms with Gasteiger partial charge in [0.15, 0.2) is 11.8 Å². The highest BCUT2D eigenvalue weighted by molar-refractivity contribution is 6.94. The molecule has 1 saturated carbocycles. The van der Waals surface area contributed by atoms with Crippen molar-refractivity contribution in [2.45, 2.75) is 110 Å². The minimum atomic E-state index is -2.29. The number of furan rings is 1. The van der Waals surface area contributed by atoms with Crippen molar-refractivity contribution < 1.29 is 28.3 Å². The Labute approximate surface area is 262 Å². The molecule has 44 heavy (non-hydrogen) atoms. The second-order valence-corrected chi connectivity index (χ2v) is 19.5. The molecule has 0 saturated heterocycles. The lowest BCUT2D eigenvalue weighted by Crippen LogP contribution is -2.51. The lowest BCUT2D eigenvalue weighted by atomic mass is 9.95. The summed E-state index contributed by atoms with van der Waals surface area (Å²) >= 11 is 0. The number of esters is 1. The van der Waals surface area contributed by atoms with Gasteiger partial charge in [-0.15, -0.1) is 0 Å². The molecule has 0 amide bonds. The minimum absolute atomic E-state index is 0.0266. The van der Waals surface area contributed by atoms with E-state index in [0.717, 1.165) is 58.2 Å². The SMILES string of the molecule is COC(=O)c1c(NC2CCCCC2)oc(-c2c3cccccc-3c(/C=[N+](\[O-])C(C)(C)C)c2[Si](C)(C)C(C)(C)C)c1C.O=C=O. The van der Waals surface area contributed by atoms with Crippen LogP contribution in [0.5, 0.6) is 0 Å². The van der Waals surface area contributed by atoms with E-state index < -0.39 is 19.6 Å². The molecule has 0 atom stereocenters. The Morgan fingerprint density at radius 2 is 1.61 bits per heavy atom. The van der Waals surface area contributed by atoms with Crippen LogP contribution in [0.15, 0.2) is 34.7 Å². The molecule has 1 N–H and O–H groups in total. The Kier molecular flexibility index (Phi) is 10.7. The summed E-state index contributed by atoms with van der Waals surface area (Å²) in [5.41, 5.74) is 4.56. The third kappa shape index (κ3) is 7.00. The molecule has 1 aromatic heterocycles. The lowest BCUT2D eigenvalue weighted by Gasteiger charge is -2.38. The quantitative estimate of drug-likeness (QED) is 0.0749. The van der Waals surface area contributed by atoms with E-state index in [0.29, 0.717) is 17.2 Å². The molecule has 238 valence electrons. The maximum absolute atomic E-state index is 13.5. The fourth-order valence-electron chi connectivity index (χ4n) is 5.74. The number of methoxy groups -OCH3 is 1. The third-order valence-corrected chi connectivity index (χ3v) is 14.7. The summed E-state index contributed by atoms with van der Waals surface area (Å²) in [6.45, 7) is 19.3. The molecule has 3 aliphatic carbocycles. The van der Waals surface area contributed by atoms with Crippen molar-refractivity contribution >= 4 is 37.5 Å². The molecule has 3 aliphatic rings. The zero-order chi connectivity index (χ0) is 33.0. The van der Waals surface area contributed by atoms with Crippen LogP contribution >= 0.6 is 0 Å². The number of nitrogens with one attached hydrogen (secondary N) is 1. The molecule has 8 nitrogen and oxygen atoms in total. The fraction of sp³-hybridized carbons (Fsp3) is 0.514. The molecule has 0 aliphatic heterocycles. The number of hydroxylamine groups is 1. The molecule has 0 radical (unpaired) electrons. The monoisotopic (exact) mass is 620 g/mol. The number of anilines is 1. The Bertz CT molecular complexity index is 1510. The van der Waals surface area contributed by atoms with Gasteiger partial charge in [0.2, 0.25) is 5.88 Å². The number of carbonyl (C=O) groups is 1. The average molecular weight is 621 g/mol. The van der Waals surface area contributed by atoms with E-state index in [4.69, 9.17) is 18.7 Å². The van der Waals surface area contributed by atoms with Gasteiger partial charge in [0, 0.05) is 43.5 Å². The topological polar surface area (TPSA) is 112 Å². The van der Waals surface area contributed by atoms with Crippen molar-refractivity contribution in [2.75, 3.05) is 12.4 Å². The van der Waals surface area contributed by atoms with E-state index in [9.17, 15) is 10.0 Å². The summed E-state index contributed by atoms with van der Waals surface area (Å²) in [6.07, 6.45) is 7.69. The number of rotatable bonds is 6. The van der Waals surface area contributed by atoms with Crippen molar-refractivity contribution in [2.24, 2.45) is 0 Å². The van der Waals surface area contributed by atoms with Crippen LogP contribution in [0.1, 0.15) is 95.1 Å². The highest BCUT2D eigenvalue weighted by atomic mass is 28.3. The minimum Gasteiger partial charge on any atom is -0.623 e. The predicted molar refractivity (Wildman–Crippen MR) is 178 cm³/mol. The van der Waals surface area contributed by atoms with Gasteiger partial charge in [0.1, 0.15) is 11.3 Å². The van der Waals surface area contributed by atoms with Gasteiger partial charge in [0.05, 0.1) is 15.2 Å². The van der Waals surface area contributed by atoms with Crippen LogP contribution in [0, 0.1) is 12.1 Å². The Hall–Kier alpha value is -3.68. The van der Waals surface area contributed by atoms with E-state index in [1.54, 1.807) is 6.21 Å². The third-order valence-electron chi connectivity index (χ3n) is 9.23. The molecule has 4 rings (SSSR count). The summed E-state index contributed by atoms with van der Waals surface area (Å²) in [5, 5.41) is 18.2. The molecule has 0 bridgehead atoms. The molecule has 0 aromatic carbocycles. The van der Waals surface area contributed by atoms with Gasteiger partial charge >= 0.3 is 12.1 Å². The normalized spacial score (nSPS) is 14.9. The van der Waals surface area contributed by atoms with Gasteiger partial charge in [-0.1, -0.05) is 83.5 Å². The molecule has 1 aromatic rings. The molecule has 1 fully saturated rings. The van der Waals surface area contributed by atoms with Crippen molar-refractivity contribution in [3.8, 4) is 22.5 Å². The van der Waals surface area contributed by atoms with Crippen LogP contribution in [-0.2, 0) is 14.3 Å². The summed E-state index contributed by atoms with van der Waals surface area (Å²) < 4.78 is 13.1. The number of carbonyl (C=O) groups excluding carboxylic acids is 3. The van der Waals surface area contributed by atoms with E-state index in [1.807, 2.05) is 45.9 Å². The second kappa shape index (κ2) is 13.5. The fourth-order valence-corrected chi connectivity index (χ4v) is 8.24. The van der Waals surface area contributed by atoms with Crippen molar-refractivity contribution in [3.05, 3.63) is 52.2 Å². The first-order valence-corrected chi connectivity index (χ1v) is 18.4. The van der Waals surface area contributed by atoms with Crippen LogP contribution in [0.3, 0.4) is 0 Å². The second-order valence-electron chi connectivity index (χ2n) is 14.2. The zero-order valence-corrected chi connectivity index (χ0v) is 29.0. The van der Waals surface area contributed by atoms with Crippen LogP contribution in [0.25, 0.3) is 22.5 Å². The maximum Gasteiger partial charge on any atom is 0.373 e. The van der Waals surface area contributed by atoms with Crippen molar-refractivity contribution in [3.63, 3.8) is 0 Å². The number of ether oxygens (including phenoxy) is 1. The smallest absolute Gasteiger partial charge is 0.373 e. The van der Waals surface area contributed by atoms with Crippen LogP contribution in [0.2, 0.25) is 18.1 Å². The van der Waals surface area contributed by atoms with E-state index in [-0.39, 0.29) is 17.2 Å². The molecule has 1 heterocycles. The summed E-state index contributed by atoms with van der Waals surface area (Å²) in [5.74, 6) is 0.752. The number of hydrogen-bond donors (Lipinski definition) is 1. The summed E-state index contributed by atoms with van der Waals surface area (Å²) in [4.78, 5) is 29.4. The van der Waals surface area contributed by atoms with Gasteiger partial charge in [-0.3, -0.25) is 0 Å². The maximum atomic E-state index is 13.5. The van der Waals surface area contributed by atoms with Crippen LogP contribution < -0.4 is 10.5 Å². The first kappa shape index (κ1) is 34.8. The standard InChI is InChI=1S/C34H48N2O4Si.CO2/c1-22-27(32(37)39-8)31(35-23-17-13-11-14-18-23)40-29(22)28-25-20-16-12-15-19-24(25)26(21-36(38)33(2,3)4)30(28)41(9,10)34(5,6)7;2-1-3/h12,15-16,19-21,23,35H,11,13-14,17-18H2,1-10H3;/b36-21-;. The summed E-state index contributed by atoms with van der Waals surface area (Å²) in [7, 11) is -0.874. The molecule has 9 heteroatoms. The van der Waals surface area contributed by atoms with Gasteiger partial charge in [-0.2, -0.15) is 9.59 Å². The lowest BCUT2D eigenvalue weighted by molar-refractivity contribution is -0.530. The summed E-state index contributed by atoms with van der Waals surface area (Å²) in [6, 6.07) is 10.5. The molecular formula is C35H48N2O6Si. The van der Waals surface area contributed by atoms with E-state index in [1.165, 1.54) is 18.7 Å². The zero-order valence-electron chi connectivity index (χ0n) is 28.0. The van der Waals surface area contributed by atoms with Gasteiger partial charge in [0.25, 0.3) is 0 Å². The number of hydrogen-bond acceptors (Lipinski definition) is 7. The Balaban J connectivity index is 0.00000169. The Morgan fingerprint density at radius 1 is 1.05 bits per heavy atom. The van der Waals surface area contributed by atoms with Gasteiger partial charge < -0.3 is 19.7 Å². The van der Waals surface area contributed by atoms with Crippen molar-refractivity contribution in [1.82, 2.24) is 0 Å². The first-order chi connectivity index (χ1) is 20.5. The van der Waals surface area contributed by atoms with Gasteiger partial charge in [-0.05, 0) is 41.1 Å². The average Bonchev–Trinajstić information content (AvgIpc) is 3.28. The highest BCUT2D eigenvalue weighted by Crippen LogP contribution is 2.47. The highest BCUT2D eigenvalue weighted by Gasteiger charge is 2.45. The Morgan fingerprint density at radius 3 is 2.14 bits per heavy atom.